The summed E-state index contributed by atoms with van der Waals surface area (Å²) in [5.74, 6) is -0.844. The normalized spacial score (nSPS) is 16.6. The molecule has 1 aliphatic rings. The Hall–Kier alpha value is -3.41. The van der Waals surface area contributed by atoms with E-state index in [1.165, 1.54) is 16.8 Å². The number of esters is 1. The zero-order valence-electron chi connectivity index (χ0n) is 20.7. The number of aromatic nitrogens is 3. The Balaban J connectivity index is 1.55. The molecule has 1 fully saturated rings. The summed E-state index contributed by atoms with van der Waals surface area (Å²) in [5, 5.41) is 8.20. The number of fused-ring (bicyclic) bond motifs is 1. The molecule has 192 valence electrons. The Kier molecular flexibility index (Phi) is 8.49. The first kappa shape index (κ1) is 26.2. The molecule has 0 aromatic carbocycles. The van der Waals surface area contributed by atoms with E-state index in [-0.39, 0.29) is 41.7 Å². The number of hydrogen-bond acceptors (Lipinski definition) is 8. The number of hydrogen-bond donors (Lipinski definition) is 3. The maximum atomic E-state index is 12.6. The summed E-state index contributed by atoms with van der Waals surface area (Å²) >= 11 is 0. The minimum Gasteiger partial charge on any atom is -0.462 e. The van der Waals surface area contributed by atoms with Gasteiger partial charge >= 0.3 is 12.1 Å². The van der Waals surface area contributed by atoms with Crippen LogP contribution < -0.4 is 16.2 Å². The molecule has 2 aromatic heterocycles. The third-order valence-electron chi connectivity index (χ3n) is 5.40. The number of ether oxygens (including phenoxy) is 2. The molecule has 0 radical (unpaired) electrons. The Bertz CT molecular complexity index is 1120. The highest BCUT2D eigenvalue weighted by atomic mass is 16.6. The lowest BCUT2D eigenvalue weighted by Crippen LogP contribution is -2.44. The Morgan fingerprint density at radius 2 is 1.97 bits per heavy atom. The molecule has 1 saturated heterocycles. The van der Waals surface area contributed by atoms with Crippen molar-refractivity contribution in [1.29, 1.82) is 0 Å². The lowest BCUT2D eigenvalue weighted by Gasteiger charge is -2.31. The number of nitrogens with zero attached hydrogens (tertiary/aromatic N) is 3. The van der Waals surface area contributed by atoms with Gasteiger partial charge in [-0.05, 0) is 47.1 Å². The Labute approximate surface area is 203 Å². The van der Waals surface area contributed by atoms with Crippen LogP contribution in [0.1, 0.15) is 56.6 Å². The van der Waals surface area contributed by atoms with Crippen molar-refractivity contribution in [3.63, 3.8) is 0 Å². The van der Waals surface area contributed by atoms with Crippen molar-refractivity contribution in [3.8, 4) is 0 Å². The first-order chi connectivity index (χ1) is 16.6. The van der Waals surface area contributed by atoms with E-state index < -0.39 is 17.7 Å². The van der Waals surface area contributed by atoms with E-state index in [1.807, 2.05) is 0 Å². The summed E-state index contributed by atoms with van der Waals surface area (Å²) in [6, 6.07) is 1.42. The van der Waals surface area contributed by atoms with Crippen LogP contribution >= 0.6 is 0 Å². The molecular formula is C23H34N6O6. The van der Waals surface area contributed by atoms with Crippen molar-refractivity contribution >= 4 is 23.6 Å². The van der Waals surface area contributed by atoms with Gasteiger partial charge in [0.1, 0.15) is 11.2 Å². The van der Waals surface area contributed by atoms with E-state index in [4.69, 9.17) is 9.47 Å². The molecule has 12 nitrogen and oxygen atoms in total. The highest BCUT2D eigenvalue weighted by Crippen LogP contribution is 2.19. The second-order valence-electron chi connectivity index (χ2n) is 9.45. The van der Waals surface area contributed by atoms with E-state index in [1.54, 1.807) is 27.7 Å². The highest BCUT2D eigenvalue weighted by Gasteiger charge is 2.26. The number of amides is 2. The fourth-order valence-electron chi connectivity index (χ4n) is 3.92. The van der Waals surface area contributed by atoms with Crippen molar-refractivity contribution in [1.82, 2.24) is 30.1 Å². The molecule has 2 amide bonds. The summed E-state index contributed by atoms with van der Waals surface area (Å²) in [5.41, 5.74) is 0.0224. The molecule has 35 heavy (non-hydrogen) atoms. The molecule has 0 spiro atoms. The largest absolute Gasteiger partial charge is 0.462 e. The minimum absolute atomic E-state index is 0.0839. The van der Waals surface area contributed by atoms with Crippen molar-refractivity contribution in [2.45, 2.75) is 52.7 Å². The molecule has 0 bridgehead atoms. The van der Waals surface area contributed by atoms with Crippen molar-refractivity contribution in [2.24, 2.45) is 5.92 Å². The lowest BCUT2D eigenvalue weighted by molar-refractivity contribution is -0.126. The van der Waals surface area contributed by atoms with E-state index in [2.05, 4.69) is 25.6 Å². The van der Waals surface area contributed by atoms with Gasteiger partial charge in [-0.3, -0.25) is 19.6 Å². The second-order valence-corrected chi connectivity index (χ2v) is 9.45. The van der Waals surface area contributed by atoms with Gasteiger partial charge in [0.05, 0.1) is 18.2 Å². The molecule has 12 heteroatoms. The maximum absolute atomic E-state index is 12.6. The van der Waals surface area contributed by atoms with Gasteiger partial charge in [0.25, 0.3) is 5.56 Å². The Morgan fingerprint density at radius 1 is 1.23 bits per heavy atom. The summed E-state index contributed by atoms with van der Waals surface area (Å²) in [6.45, 7) is 9.50. The van der Waals surface area contributed by atoms with Crippen LogP contribution in [0.4, 0.5) is 4.79 Å². The molecule has 3 heterocycles. The summed E-state index contributed by atoms with van der Waals surface area (Å²) in [7, 11) is 0. The van der Waals surface area contributed by atoms with Crippen LogP contribution in [0.3, 0.4) is 0 Å². The molecule has 0 aliphatic carbocycles. The summed E-state index contributed by atoms with van der Waals surface area (Å²) in [6.07, 6.45) is 2.46. The van der Waals surface area contributed by atoms with Gasteiger partial charge in [0, 0.05) is 38.4 Å². The molecule has 3 N–H and O–H groups in total. The van der Waals surface area contributed by atoms with Crippen molar-refractivity contribution in [3.05, 3.63) is 33.9 Å². The number of nitrogens with one attached hydrogen (secondary N) is 3. The number of likely N-dealkylation sites (tertiary alicyclic amines) is 1. The van der Waals surface area contributed by atoms with Crippen LogP contribution in [-0.2, 0) is 20.8 Å². The predicted molar refractivity (Wildman–Crippen MR) is 127 cm³/mol. The molecule has 1 aliphatic heterocycles. The predicted octanol–water partition coefficient (Wildman–Crippen LogP) is 1.05. The average Bonchev–Trinajstić information content (AvgIpc) is 3.20. The van der Waals surface area contributed by atoms with Gasteiger partial charge in [0.2, 0.25) is 5.91 Å². The number of carbonyl (C=O) groups excluding carboxylic acids is 3. The van der Waals surface area contributed by atoms with Crippen LogP contribution in [0.5, 0.6) is 0 Å². The van der Waals surface area contributed by atoms with E-state index in [0.717, 1.165) is 19.4 Å². The summed E-state index contributed by atoms with van der Waals surface area (Å²) in [4.78, 5) is 55.6. The van der Waals surface area contributed by atoms with Crippen molar-refractivity contribution < 1.29 is 23.9 Å². The Morgan fingerprint density at radius 3 is 2.69 bits per heavy atom. The molecule has 3 rings (SSSR count). The smallest absolute Gasteiger partial charge is 0.407 e. The van der Waals surface area contributed by atoms with E-state index in [0.29, 0.717) is 25.3 Å². The zero-order valence-corrected chi connectivity index (χ0v) is 20.7. The van der Waals surface area contributed by atoms with Crippen LogP contribution in [-0.4, -0.2) is 75.9 Å². The van der Waals surface area contributed by atoms with Gasteiger partial charge in [-0.15, -0.1) is 0 Å². The quantitative estimate of drug-likeness (QED) is 0.368. The zero-order chi connectivity index (χ0) is 25.6. The molecule has 1 atom stereocenters. The minimum atomic E-state index is -0.578. The second kappa shape index (κ2) is 11.3. The van der Waals surface area contributed by atoms with Gasteiger partial charge in [0.15, 0.2) is 5.65 Å². The van der Waals surface area contributed by atoms with Crippen LogP contribution in [0.15, 0.2) is 17.1 Å². The monoisotopic (exact) mass is 490 g/mol. The van der Waals surface area contributed by atoms with Gasteiger partial charge in [-0.25, -0.2) is 19.1 Å². The fourth-order valence-corrected chi connectivity index (χ4v) is 3.92. The number of alkyl carbamates (subject to hydrolysis) is 1. The molecule has 0 saturated carbocycles. The number of aromatic amines is 1. The third kappa shape index (κ3) is 7.28. The average molecular weight is 491 g/mol. The maximum Gasteiger partial charge on any atom is 0.407 e. The van der Waals surface area contributed by atoms with E-state index in [9.17, 15) is 19.2 Å². The number of rotatable bonds is 8. The van der Waals surface area contributed by atoms with Crippen LogP contribution in [0.25, 0.3) is 5.65 Å². The third-order valence-corrected chi connectivity index (χ3v) is 5.40. The van der Waals surface area contributed by atoms with Gasteiger partial charge in [-0.2, -0.15) is 0 Å². The number of H-pyrrole nitrogens is 1. The van der Waals surface area contributed by atoms with Gasteiger partial charge < -0.3 is 20.1 Å². The van der Waals surface area contributed by atoms with Crippen LogP contribution in [0, 0.1) is 5.92 Å². The lowest BCUT2D eigenvalue weighted by atomic mass is 9.97. The highest BCUT2D eigenvalue weighted by molar-refractivity contribution is 5.95. The summed E-state index contributed by atoms with van der Waals surface area (Å²) < 4.78 is 11.4. The van der Waals surface area contributed by atoms with Gasteiger partial charge in [-0.1, -0.05) is 0 Å². The topological polar surface area (TPSA) is 147 Å². The molecular weight excluding hydrogens is 456 g/mol. The first-order valence-electron chi connectivity index (χ1n) is 11.8. The number of piperidine rings is 1. The first-order valence-corrected chi connectivity index (χ1v) is 11.8. The molecule has 2 aromatic rings. The standard InChI is InChI=1S/C23H34N6O6/c1-5-34-21(32)17-12-26-29-18(30)11-16(27-19(17)29)14-28-10-6-7-15(13-28)20(31)24-8-9-25-22(33)35-23(2,3)4/h11-12,15,26H,5-10,13-14H2,1-4H3,(H,24,31)(H,25,33). The van der Waals surface area contributed by atoms with Crippen LogP contribution in [0.2, 0.25) is 0 Å². The SMILES string of the molecule is CCOC(=O)c1c[nH]n2c(=O)cc(CN3CCCC(C(=O)NCCNC(=O)OC(C)(C)C)C3)nc12. The van der Waals surface area contributed by atoms with E-state index >= 15 is 0 Å². The number of carbonyl (C=O) groups is 3. The fraction of sp³-hybridized carbons (Fsp3) is 0.609. The van der Waals surface area contributed by atoms with Crippen molar-refractivity contribution in [2.75, 3.05) is 32.8 Å². The molecule has 1 unspecified atom stereocenters.